The molecule has 0 heterocycles. The van der Waals surface area contributed by atoms with Crippen LogP contribution in [0, 0.1) is 0 Å². The third-order valence-corrected chi connectivity index (χ3v) is 2.94. The van der Waals surface area contributed by atoms with E-state index in [0.717, 1.165) is 18.6 Å². The van der Waals surface area contributed by atoms with E-state index < -0.39 is 12.7 Å². The van der Waals surface area contributed by atoms with Crippen LogP contribution in [0.4, 0.5) is 13.2 Å². The highest BCUT2D eigenvalue weighted by Crippen LogP contribution is 2.25. The largest absolute Gasteiger partial charge is 0.492 e. The summed E-state index contributed by atoms with van der Waals surface area (Å²) in [5.74, 6) is 0.740. The maximum Gasteiger partial charge on any atom is 0.401 e. The van der Waals surface area contributed by atoms with Gasteiger partial charge in [0.15, 0.2) is 0 Å². The van der Waals surface area contributed by atoms with Crippen molar-refractivity contribution < 1.29 is 17.9 Å². The number of hydrogen-bond donors (Lipinski definition) is 1. The molecule has 100 valence electrons. The summed E-state index contributed by atoms with van der Waals surface area (Å²) in [5, 5.41) is 2.30. The zero-order valence-corrected chi connectivity index (χ0v) is 10.0. The first-order chi connectivity index (χ1) is 8.54. The van der Waals surface area contributed by atoms with Gasteiger partial charge >= 0.3 is 6.18 Å². The molecule has 0 saturated heterocycles. The van der Waals surface area contributed by atoms with E-state index in [4.69, 9.17) is 4.74 Å². The minimum atomic E-state index is -4.16. The van der Waals surface area contributed by atoms with Crippen molar-refractivity contribution in [3.63, 3.8) is 0 Å². The molecule has 0 spiro atoms. The first kappa shape index (κ1) is 13.2. The molecule has 2 rings (SSSR count). The van der Waals surface area contributed by atoms with E-state index in [1.807, 2.05) is 18.2 Å². The van der Waals surface area contributed by atoms with Crippen LogP contribution in [0.25, 0.3) is 0 Å². The monoisotopic (exact) mass is 259 g/mol. The fourth-order valence-electron chi connectivity index (χ4n) is 2.11. The standard InChI is InChI=1S/C13H16F3NO/c14-13(15,16)9-17-6-7-18-12-5-4-10-2-1-3-11(10)8-12/h4-5,8,17H,1-3,6-7,9H2. The highest BCUT2D eigenvalue weighted by Gasteiger charge is 2.25. The second-order valence-corrected chi connectivity index (χ2v) is 4.42. The zero-order chi connectivity index (χ0) is 13.0. The molecule has 1 aliphatic carbocycles. The zero-order valence-electron chi connectivity index (χ0n) is 10.0. The minimum Gasteiger partial charge on any atom is -0.492 e. The van der Waals surface area contributed by atoms with Crippen molar-refractivity contribution >= 4 is 0 Å². The molecule has 0 bridgehead atoms. The average Bonchev–Trinajstić information content (AvgIpc) is 2.74. The fourth-order valence-corrected chi connectivity index (χ4v) is 2.11. The van der Waals surface area contributed by atoms with E-state index >= 15 is 0 Å². The van der Waals surface area contributed by atoms with Gasteiger partial charge in [0.25, 0.3) is 0 Å². The second kappa shape index (κ2) is 5.61. The number of aryl methyl sites for hydroxylation is 2. The van der Waals surface area contributed by atoms with Gasteiger partial charge in [0.05, 0.1) is 6.54 Å². The van der Waals surface area contributed by atoms with Crippen LogP contribution in [0.2, 0.25) is 0 Å². The molecule has 0 saturated carbocycles. The van der Waals surface area contributed by atoms with Crippen LogP contribution in [0.1, 0.15) is 17.5 Å². The molecule has 1 N–H and O–H groups in total. The number of halogens is 3. The lowest BCUT2D eigenvalue weighted by molar-refractivity contribution is -0.124. The van der Waals surface area contributed by atoms with Crippen molar-refractivity contribution in [2.75, 3.05) is 19.7 Å². The molecule has 1 aromatic carbocycles. The van der Waals surface area contributed by atoms with E-state index in [-0.39, 0.29) is 13.2 Å². The van der Waals surface area contributed by atoms with Gasteiger partial charge in [0.2, 0.25) is 0 Å². The third kappa shape index (κ3) is 3.91. The Morgan fingerprint density at radius 2 is 1.94 bits per heavy atom. The molecule has 1 aromatic rings. The number of hydrogen-bond acceptors (Lipinski definition) is 2. The first-order valence-electron chi connectivity index (χ1n) is 6.07. The van der Waals surface area contributed by atoms with Gasteiger partial charge in [-0.3, -0.25) is 0 Å². The third-order valence-electron chi connectivity index (χ3n) is 2.94. The number of nitrogens with one attached hydrogen (secondary N) is 1. The molecular formula is C13H16F3NO. The molecule has 0 atom stereocenters. The van der Waals surface area contributed by atoms with Crippen molar-refractivity contribution in [2.24, 2.45) is 0 Å². The van der Waals surface area contributed by atoms with E-state index in [0.29, 0.717) is 0 Å². The molecule has 0 fully saturated rings. The molecule has 18 heavy (non-hydrogen) atoms. The molecule has 2 nitrogen and oxygen atoms in total. The van der Waals surface area contributed by atoms with Gasteiger partial charge in [-0.25, -0.2) is 0 Å². The maximum absolute atomic E-state index is 11.9. The number of alkyl halides is 3. The summed E-state index contributed by atoms with van der Waals surface area (Å²) in [7, 11) is 0. The number of rotatable bonds is 5. The lowest BCUT2D eigenvalue weighted by Gasteiger charge is -2.10. The topological polar surface area (TPSA) is 21.3 Å². The molecule has 0 radical (unpaired) electrons. The molecule has 0 amide bonds. The number of ether oxygens (including phenoxy) is 1. The van der Waals surface area contributed by atoms with Crippen molar-refractivity contribution in [1.82, 2.24) is 5.32 Å². The Labute approximate surface area is 104 Å². The summed E-state index contributed by atoms with van der Waals surface area (Å²) in [6.07, 6.45) is -0.804. The lowest BCUT2D eigenvalue weighted by atomic mass is 10.1. The van der Waals surface area contributed by atoms with Gasteiger partial charge in [-0.2, -0.15) is 13.2 Å². The van der Waals surface area contributed by atoms with Crippen LogP contribution in [0.3, 0.4) is 0 Å². The Kier molecular flexibility index (Phi) is 4.11. The van der Waals surface area contributed by atoms with Crippen molar-refractivity contribution in [1.29, 1.82) is 0 Å². The van der Waals surface area contributed by atoms with E-state index in [1.165, 1.54) is 17.5 Å². The van der Waals surface area contributed by atoms with Gasteiger partial charge in [-0.05, 0) is 42.5 Å². The summed E-state index contributed by atoms with van der Waals surface area (Å²) in [4.78, 5) is 0. The summed E-state index contributed by atoms with van der Waals surface area (Å²) in [6, 6.07) is 5.92. The predicted molar refractivity (Wildman–Crippen MR) is 62.9 cm³/mol. The fraction of sp³-hybridized carbons (Fsp3) is 0.538. The number of fused-ring (bicyclic) bond motifs is 1. The highest BCUT2D eigenvalue weighted by atomic mass is 19.4. The van der Waals surface area contributed by atoms with E-state index in [2.05, 4.69) is 5.32 Å². The van der Waals surface area contributed by atoms with Crippen molar-refractivity contribution in [3.8, 4) is 5.75 Å². The Morgan fingerprint density at radius 3 is 2.72 bits per heavy atom. The normalized spacial score (nSPS) is 14.6. The Hall–Kier alpha value is -1.23. The van der Waals surface area contributed by atoms with Crippen LogP contribution in [0.15, 0.2) is 18.2 Å². The molecule has 1 aliphatic rings. The van der Waals surface area contributed by atoms with E-state index in [9.17, 15) is 13.2 Å². The SMILES string of the molecule is FC(F)(F)CNCCOc1ccc2c(c1)CCC2. The van der Waals surface area contributed by atoms with Crippen LogP contribution in [0.5, 0.6) is 5.75 Å². The molecule has 0 aromatic heterocycles. The van der Waals surface area contributed by atoms with Gasteiger partial charge in [0, 0.05) is 6.54 Å². The van der Waals surface area contributed by atoms with Crippen molar-refractivity contribution in [2.45, 2.75) is 25.4 Å². The van der Waals surface area contributed by atoms with Gasteiger partial charge in [-0.15, -0.1) is 0 Å². The smallest absolute Gasteiger partial charge is 0.401 e. The highest BCUT2D eigenvalue weighted by molar-refractivity contribution is 5.38. The predicted octanol–water partition coefficient (Wildman–Crippen LogP) is 2.71. The Morgan fingerprint density at radius 1 is 1.17 bits per heavy atom. The van der Waals surface area contributed by atoms with Crippen molar-refractivity contribution in [3.05, 3.63) is 29.3 Å². The van der Waals surface area contributed by atoms with Gasteiger partial charge < -0.3 is 10.1 Å². The summed E-state index contributed by atoms with van der Waals surface area (Å²) in [5.41, 5.74) is 2.66. The van der Waals surface area contributed by atoms with Crippen LogP contribution >= 0.6 is 0 Å². The quantitative estimate of drug-likeness (QED) is 0.821. The Bertz CT molecular complexity index is 404. The van der Waals surface area contributed by atoms with Gasteiger partial charge in [-0.1, -0.05) is 6.07 Å². The molecule has 5 heteroatoms. The minimum absolute atomic E-state index is 0.191. The average molecular weight is 259 g/mol. The summed E-state index contributed by atoms with van der Waals surface area (Å²) >= 11 is 0. The Balaban J connectivity index is 1.71. The molecule has 0 unspecified atom stereocenters. The first-order valence-corrected chi connectivity index (χ1v) is 6.07. The lowest BCUT2D eigenvalue weighted by Crippen LogP contribution is -2.31. The molecule has 0 aliphatic heterocycles. The summed E-state index contributed by atoms with van der Waals surface area (Å²) < 4.78 is 41.0. The van der Waals surface area contributed by atoms with Crippen LogP contribution < -0.4 is 10.1 Å². The van der Waals surface area contributed by atoms with E-state index in [1.54, 1.807) is 0 Å². The maximum atomic E-state index is 11.9. The second-order valence-electron chi connectivity index (χ2n) is 4.42. The van der Waals surface area contributed by atoms with Crippen LogP contribution in [-0.4, -0.2) is 25.9 Å². The number of benzene rings is 1. The molecular weight excluding hydrogens is 243 g/mol. The van der Waals surface area contributed by atoms with Crippen LogP contribution in [-0.2, 0) is 12.8 Å². The summed E-state index contributed by atoms with van der Waals surface area (Å²) in [6.45, 7) is -0.536. The van der Waals surface area contributed by atoms with Gasteiger partial charge in [0.1, 0.15) is 12.4 Å².